The summed E-state index contributed by atoms with van der Waals surface area (Å²) in [6.45, 7) is 10.6. The highest BCUT2D eigenvalue weighted by Gasteiger charge is 2.09. The van der Waals surface area contributed by atoms with Crippen LogP contribution in [0.15, 0.2) is 22.7 Å². The third-order valence-electron chi connectivity index (χ3n) is 3.58. The summed E-state index contributed by atoms with van der Waals surface area (Å²) in [5, 5.41) is 3.61. The lowest BCUT2D eigenvalue weighted by Gasteiger charge is -2.19. The van der Waals surface area contributed by atoms with Crippen molar-refractivity contribution in [1.29, 1.82) is 0 Å². The molecule has 114 valence electrons. The molecule has 0 spiro atoms. The van der Waals surface area contributed by atoms with Crippen molar-refractivity contribution < 1.29 is 4.74 Å². The molecule has 3 heteroatoms. The first kappa shape index (κ1) is 17.5. The van der Waals surface area contributed by atoms with Gasteiger partial charge in [-0.15, -0.1) is 0 Å². The SMILES string of the molecule is CCCOc1ccc(Br)cc1CNC(C)CC(C)CC. The number of nitrogens with one attached hydrogen (secondary N) is 1. The molecule has 1 N–H and O–H groups in total. The Kier molecular flexibility index (Phi) is 8.24. The van der Waals surface area contributed by atoms with Crippen LogP contribution < -0.4 is 10.1 Å². The van der Waals surface area contributed by atoms with Crippen molar-refractivity contribution >= 4 is 15.9 Å². The van der Waals surface area contributed by atoms with Gasteiger partial charge >= 0.3 is 0 Å². The molecule has 0 saturated heterocycles. The lowest BCUT2D eigenvalue weighted by atomic mass is 10.0. The summed E-state index contributed by atoms with van der Waals surface area (Å²) in [6, 6.07) is 6.77. The molecule has 2 atom stereocenters. The van der Waals surface area contributed by atoms with Crippen LogP contribution >= 0.6 is 15.9 Å². The van der Waals surface area contributed by atoms with Crippen molar-refractivity contribution in [3.05, 3.63) is 28.2 Å². The molecule has 2 nitrogen and oxygen atoms in total. The van der Waals surface area contributed by atoms with Crippen LogP contribution in [-0.2, 0) is 6.54 Å². The van der Waals surface area contributed by atoms with E-state index in [1.165, 1.54) is 18.4 Å². The zero-order valence-corrected chi connectivity index (χ0v) is 14.8. The number of ether oxygens (including phenoxy) is 1. The summed E-state index contributed by atoms with van der Waals surface area (Å²) in [4.78, 5) is 0. The highest BCUT2D eigenvalue weighted by molar-refractivity contribution is 9.10. The zero-order valence-electron chi connectivity index (χ0n) is 13.2. The predicted molar refractivity (Wildman–Crippen MR) is 90.3 cm³/mol. The molecule has 0 radical (unpaired) electrons. The van der Waals surface area contributed by atoms with E-state index in [9.17, 15) is 0 Å². The van der Waals surface area contributed by atoms with Gasteiger partial charge in [-0.2, -0.15) is 0 Å². The Hall–Kier alpha value is -0.540. The predicted octanol–water partition coefficient (Wildman–Crippen LogP) is 5.15. The Morgan fingerprint density at radius 3 is 2.65 bits per heavy atom. The lowest BCUT2D eigenvalue weighted by Crippen LogP contribution is -2.27. The quantitative estimate of drug-likeness (QED) is 0.670. The fraction of sp³-hybridized carbons (Fsp3) is 0.647. The standard InChI is InChI=1S/C17H28BrNO/c1-5-9-20-17-8-7-16(18)11-15(17)12-19-14(4)10-13(3)6-2/h7-8,11,13-14,19H,5-6,9-10,12H2,1-4H3. The molecule has 1 aromatic carbocycles. The molecule has 0 aliphatic carbocycles. The molecule has 0 aliphatic heterocycles. The van der Waals surface area contributed by atoms with Gasteiger partial charge < -0.3 is 10.1 Å². The van der Waals surface area contributed by atoms with Gasteiger partial charge in [0.2, 0.25) is 0 Å². The molecule has 0 fully saturated rings. The molecule has 0 amide bonds. The second kappa shape index (κ2) is 9.41. The van der Waals surface area contributed by atoms with Gasteiger partial charge in [0.05, 0.1) is 6.61 Å². The van der Waals surface area contributed by atoms with Gasteiger partial charge in [-0.3, -0.25) is 0 Å². The van der Waals surface area contributed by atoms with Crippen LogP contribution in [-0.4, -0.2) is 12.6 Å². The second-order valence-electron chi connectivity index (χ2n) is 5.63. The van der Waals surface area contributed by atoms with Crippen LogP contribution in [0.4, 0.5) is 0 Å². The average Bonchev–Trinajstić information content (AvgIpc) is 2.43. The summed E-state index contributed by atoms with van der Waals surface area (Å²) in [5.74, 6) is 1.77. The highest BCUT2D eigenvalue weighted by atomic mass is 79.9. The van der Waals surface area contributed by atoms with E-state index in [0.29, 0.717) is 6.04 Å². The molecule has 0 aliphatic rings. The first-order chi connectivity index (χ1) is 9.56. The lowest BCUT2D eigenvalue weighted by molar-refractivity contribution is 0.312. The molecule has 2 unspecified atom stereocenters. The molecular formula is C17H28BrNO. The van der Waals surface area contributed by atoms with E-state index in [1.54, 1.807) is 0 Å². The Bertz CT molecular complexity index is 395. The molecule has 1 rings (SSSR count). The van der Waals surface area contributed by atoms with Gasteiger partial charge in [-0.25, -0.2) is 0 Å². The topological polar surface area (TPSA) is 21.3 Å². The molecule has 0 saturated carbocycles. The van der Waals surface area contributed by atoms with E-state index in [2.05, 4.69) is 61.1 Å². The molecule has 0 heterocycles. The summed E-state index contributed by atoms with van der Waals surface area (Å²) in [7, 11) is 0. The molecule has 0 bridgehead atoms. The first-order valence-corrected chi connectivity index (χ1v) is 8.50. The summed E-state index contributed by atoms with van der Waals surface area (Å²) < 4.78 is 6.92. The number of hydrogen-bond acceptors (Lipinski definition) is 2. The number of benzene rings is 1. The van der Waals surface area contributed by atoms with Gasteiger partial charge in [-0.05, 0) is 43.9 Å². The Morgan fingerprint density at radius 2 is 2.00 bits per heavy atom. The van der Waals surface area contributed by atoms with Crippen LogP contribution in [0.2, 0.25) is 0 Å². The minimum Gasteiger partial charge on any atom is -0.493 e. The van der Waals surface area contributed by atoms with Crippen molar-refractivity contribution in [2.24, 2.45) is 5.92 Å². The van der Waals surface area contributed by atoms with E-state index in [-0.39, 0.29) is 0 Å². The normalized spacial score (nSPS) is 14.1. The van der Waals surface area contributed by atoms with Crippen LogP contribution in [0.1, 0.15) is 52.5 Å². The minimum atomic E-state index is 0.531. The van der Waals surface area contributed by atoms with Gasteiger partial charge in [0, 0.05) is 22.6 Å². The number of hydrogen-bond donors (Lipinski definition) is 1. The Morgan fingerprint density at radius 1 is 1.25 bits per heavy atom. The first-order valence-electron chi connectivity index (χ1n) is 7.71. The molecular weight excluding hydrogens is 314 g/mol. The summed E-state index contributed by atoms with van der Waals surface area (Å²) in [6.07, 6.45) is 3.50. The van der Waals surface area contributed by atoms with Crippen molar-refractivity contribution in [2.45, 2.75) is 59.5 Å². The highest BCUT2D eigenvalue weighted by Crippen LogP contribution is 2.23. The number of halogens is 1. The van der Waals surface area contributed by atoms with Crippen LogP contribution in [0.5, 0.6) is 5.75 Å². The van der Waals surface area contributed by atoms with Crippen molar-refractivity contribution in [3.8, 4) is 5.75 Å². The molecule has 0 aromatic heterocycles. The van der Waals surface area contributed by atoms with Crippen LogP contribution in [0.25, 0.3) is 0 Å². The average molecular weight is 342 g/mol. The van der Waals surface area contributed by atoms with Crippen molar-refractivity contribution in [3.63, 3.8) is 0 Å². The second-order valence-corrected chi connectivity index (χ2v) is 6.55. The van der Waals surface area contributed by atoms with Crippen LogP contribution in [0.3, 0.4) is 0 Å². The summed E-state index contributed by atoms with van der Waals surface area (Å²) >= 11 is 3.54. The maximum absolute atomic E-state index is 5.82. The largest absolute Gasteiger partial charge is 0.493 e. The monoisotopic (exact) mass is 341 g/mol. The van der Waals surface area contributed by atoms with E-state index in [4.69, 9.17) is 4.74 Å². The minimum absolute atomic E-state index is 0.531. The fourth-order valence-corrected chi connectivity index (χ4v) is 2.59. The third kappa shape index (κ3) is 6.27. The molecule has 1 aromatic rings. The smallest absolute Gasteiger partial charge is 0.123 e. The zero-order chi connectivity index (χ0) is 15.0. The van der Waals surface area contributed by atoms with E-state index >= 15 is 0 Å². The third-order valence-corrected chi connectivity index (χ3v) is 4.07. The van der Waals surface area contributed by atoms with Gasteiger partial charge in [0.25, 0.3) is 0 Å². The van der Waals surface area contributed by atoms with Crippen molar-refractivity contribution in [1.82, 2.24) is 5.32 Å². The maximum atomic E-state index is 5.82. The van der Waals surface area contributed by atoms with Crippen LogP contribution in [0, 0.1) is 5.92 Å². The number of rotatable bonds is 9. The molecule has 20 heavy (non-hydrogen) atoms. The van der Waals surface area contributed by atoms with Gasteiger partial charge in [-0.1, -0.05) is 43.1 Å². The van der Waals surface area contributed by atoms with E-state index in [0.717, 1.165) is 35.7 Å². The van der Waals surface area contributed by atoms with E-state index in [1.807, 2.05) is 6.07 Å². The fourth-order valence-electron chi connectivity index (χ4n) is 2.18. The van der Waals surface area contributed by atoms with Crippen molar-refractivity contribution in [2.75, 3.05) is 6.61 Å². The van der Waals surface area contributed by atoms with Gasteiger partial charge in [0.15, 0.2) is 0 Å². The van der Waals surface area contributed by atoms with Gasteiger partial charge in [0.1, 0.15) is 5.75 Å². The Balaban J connectivity index is 2.58. The maximum Gasteiger partial charge on any atom is 0.123 e. The summed E-state index contributed by atoms with van der Waals surface area (Å²) in [5.41, 5.74) is 1.23. The van der Waals surface area contributed by atoms with E-state index < -0.39 is 0 Å². The Labute approximate surface area is 132 Å².